The lowest BCUT2D eigenvalue weighted by Gasteiger charge is -2.12. The Hall–Kier alpha value is -3.20. The molecule has 0 fully saturated rings. The molecule has 0 radical (unpaired) electrons. The fourth-order valence-corrected chi connectivity index (χ4v) is 3.86. The first-order valence-corrected chi connectivity index (χ1v) is 11.2. The lowest BCUT2D eigenvalue weighted by Crippen LogP contribution is -2.25. The molecule has 1 amide bonds. The summed E-state index contributed by atoms with van der Waals surface area (Å²) in [6, 6.07) is 22.1. The third-order valence-electron chi connectivity index (χ3n) is 4.34. The van der Waals surface area contributed by atoms with Gasteiger partial charge in [-0.1, -0.05) is 30.3 Å². The molecule has 3 aromatic rings. The van der Waals surface area contributed by atoms with Crippen molar-refractivity contribution in [3.8, 4) is 11.5 Å². The van der Waals surface area contributed by atoms with E-state index in [9.17, 15) is 13.2 Å². The van der Waals surface area contributed by atoms with E-state index in [4.69, 9.17) is 9.47 Å². The molecule has 0 saturated carbocycles. The number of sulfonamides is 1. The normalized spacial score (nSPS) is 11.1. The number of methoxy groups -OCH3 is 1. The smallest absolute Gasteiger partial charge is 0.259 e. The second kappa shape index (κ2) is 10.7. The van der Waals surface area contributed by atoms with Crippen LogP contribution in [0.2, 0.25) is 0 Å². The molecule has 0 aliphatic heterocycles. The summed E-state index contributed by atoms with van der Waals surface area (Å²) in [5.74, 6) is 0.681. The highest BCUT2D eigenvalue weighted by Crippen LogP contribution is 2.26. The lowest BCUT2D eigenvalue weighted by atomic mass is 10.2. The van der Waals surface area contributed by atoms with E-state index in [-0.39, 0.29) is 17.3 Å². The number of para-hydroxylation sites is 2. The molecule has 2 N–H and O–H groups in total. The van der Waals surface area contributed by atoms with Crippen LogP contribution in [0.1, 0.15) is 16.8 Å². The first-order chi connectivity index (χ1) is 15.0. The van der Waals surface area contributed by atoms with Gasteiger partial charge in [-0.15, -0.1) is 0 Å². The van der Waals surface area contributed by atoms with Gasteiger partial charge in [0.25, 0.3) is 5.91 Å². The molecule has 0 heterocycles. The zero-order valence-electron chi connectivity index (χ0n) is 17.1. The second-order valence-corrected chi connectivity index (χ2v) is 8.40. The summed E-state index contributed by atoms with van der Waals surface area (Å²) in [5.41, 5.74) is 0.834. The predicted molar refractivity (Wildman–Crippen MR) is 119 cm³/mol. The summed E-state index contributed by atoms with van der Waals surface area (Å²) in [5, 5.41) is 2.77. The van der Waals surface area contributed by atoms with Crippen LogP contribution < -0.4 is 14.8 Å². The molecule has 0 atom stereocenters. The summed E-state index contributed by atoms with van der Waals surface area (Å²) < 4.78 is 37.9. The summed E-state index contributed by atoms with van der Waals surface area (Å²) in [7, 11) is -2.05. The maximum absolute atomic E-state index is 12.8. The highest BCUT2D eigenvalue weighted by Gasteiger charge is 2.15. The van der Waals surface area contributed by atoms with Gasteiger partial charge in [0, 0.05) is 25.9 Å². The van der Waals surface area contributed by atoms with Crippen LogP contribution in [0.3, 0.4) is 0 Å². The van der Waals surface area contributed by atoms with Gasteiger partial charge in [-0.2, -0.15) is 0 Å². The Morgan fingerprint density at radius 2 is 1.58 bits per heavy atom. The van der Waals surface area contributed by atoms with Crippen molar-refractivity contribution >= 4 is 21.6 Å². The average molecular weight is 441 g/mol. The van der Waals surface area contributed by atoms with Gasteiger partial charge in [0.15, 0.2) is 0 Å². The van der Waals surface area contributed by atoms with Crippen molar-refractivity contribution in [3.63, 3.8) is 0 Å². The van der Waals surface area contributed by atoms with Gasteiger partial charge in [-0.25, -0.2) is 13.1 Å². The van der Waals surface area contributed by atoms with Gasteiger partial charge in [-0.05, 0) is 55.0 Å². The topological polar surface area (TPSA) is 93.7 Å². The van der Waals surface area contributed by atoms with Crippen LogP contribution in [0, 0.1) is 0 Å². The molecule has 162 valence electrons. The largest absolute Gasteiger partial charge is 0.457 e. The molecule has 31 heavy (non-hydrogen) atoms. The van der Waals surface area contributed by atoms with Gasteiger partial charge >= 0.3 is 0 Å². The van der Waals surface area contributed by atoms with Gasteiger partial charge in [0.1, 0.15) is 11.5 Å². The summed E-state index contributed by atoms with van der Waals surface area (Å²) in [4.78, 5) is 12.9. The molecule has 8 heteroatoms. The van der Waals surface area contributed by atoms with E-state index in [0.717, 1.165) is 0 Å². The summed E-state index contributed by atoms with van der Waals surface area (Å²) in [6.45, 7) is 0.760. The van der Waals surface area contributed by atoms with Crippen LogP contribution in [0.15, 0.2) is 83.8 Å². The van der Waals surface area contributed by atoms with Crippen LogP contribution in [-0.2, 0) is 14.8 Å². The van der Waals surface area contributed by atoms with E-state index in [1.54, 1.807) is 55.6 Å². The monoisotopic (exact) mass is 440 g/mol. The van der Waals surface area contributed by atoms with E-state index in [1.807, 2.05) is 18.2 Å². The fraction of sp³-hybridized carbons (Fsp3) is 0.174. The van der Waals surface area contributed by atoms with Gasteiger partial charge in [0.05, 0.1) is 10.5 Å². The minimum absolute atomic E-state index is 0.121. The van der Waals surface area contributed by atoms with E-state index in [1.165, 1.54) is 12.1 Å². The van der Waals surface area contributed by atoms with E-state index < -0.39 is 10.0 Å². The van der Waals surface area contributed by atoms with Crippen molar-refractivity contribution in [1.29, 1.82) is 0 Å². The number of carbonyl (C=O) groups is 1. The Kier molecular flexibility index (Phi) is 7.77. The average Bonchev–Trinajstić information content (AvgIpc) is 2.78. The quantitative estimate of drug-likeness (QED) is 0.464. The Bertz CT molecular complexity index is 1100. The van der Waals surface area contributed by atoms with E-state index in [0.29, 0.717) is 35.8 Å². The molecule has 0 aromatic heterocycles. The SMILES string of the molecule is COCCCNS(=O)(=O)c1ccc(NC(=O)c2ccccc2Oc2ccccc2)cc1. The number of carbonyl (C=O) groups excluding carboxylic acids is 1. The number of amides is 1. The molecule has 0 bridgehead atoms. The fourth-order valence-electron chi connectivity index (χ4n) is 2.78. The zero-order valence-corrected chi connectivity index (χ0v) is 17.9. The summed E-state index contributed by atoms with van der Waals surface area (Å²) in [6.07, 6.45) is 0.578. The Balaban J connectivity index is 1.68. The molecule has 7 nitrogen and oxygen atoms in total. The molecular formula is C23H24N2O5S. The lowest BCUT2D eigenvalue weighted by molar-refractivity contribution is 0.102. The zero-order chi connectivity index (χ0) is 22.1. The number of ether oxygens (including phenoxy) is 2. The molecule has 0 aliphatic rings. The molecule has 0 unspecified atom stereocenters. The van der Waals surface area contributed by atoms with Gasteiger partial charge in [0.2, 0.25) is 10.0 Å². The number of anilines is 1. The van der Waals surface area contributed by atoms with Crippen LogP contribution in [0.4, 0.5) is 5.69 Å². The van der Waals surface area contributed by atoms with Gasteiger partial charge in [-0.3, -0.25) is 4.79 Å². The predicted octanol–water partition coefficient (Wildman–Crippen LogP) is 4.05. The molecule has 3 aromatic carbocycles. The first kappa shape index (κ1) is 22.5. The van der Waals surface area contributed by atoms with E-state index in [2.05, 4.69) is 10.0 Å². The van der Waals surface area contributed by atoms with E-state index >= 15 is 0 Å². The second-order valence-electron chi connectivity index (χ2n) is 6.63. The third kappa shape index (κ3) is 6.39. The number of hydrogen-bond acceptors (Lipinski definition) is 5. The summed E-state index contributed by atoms with van der Waals surface area (Å²) >= 11 is 0. The molecule has 3 rings (SSSR count). The number of nitrogens with one attached hydrogen (secondary N) is 2. The Morgan fingerprint density at radius 1 is 0.903 bits per heavy atom. The highest BCUT2D eigenvalue weighted by molar-refractivity contribution is 7.89. The van der Waals surface area contributed by atoms with Crippen molar-refractivity contribution in [3.05, 3.63) is 84.4 Å². The van der Waals surface area contributed by atoms with Crippen molar-refractivity contribution in [1.82, 2.24) is 4.72 Å². The Morgan fingerprint density at radius 3 is 2.29 bits per heavy atom. The van der Waals surface area contributed by atoms with Crippen molar-refractivity contribution in [2.45, 2.75) is 11.3 Å². The van der Waals surface area contributed by atoms with Crippen molar-refractivity contribution in [2.24, 2.45) is 0 Å². The van der Waals surface area contributed by atoms with Crippen LogP contribution in [-0.4, -0.2) is 34.6 Å². The third-order valence-corrected chi connectivity index (χ3v) is 5.82. The number of hydrogen-bond donors (Lipinski definition) is 2. The maximum Gasteiger partial charge on any atom is 0.259 e. The Labute approximate surface area is 182 Å². The van der Waals surface area contributed by atoms with Gasteiger partial charge < -0.3 is 14.8 Å². The van der Waals surface area contributed by atoms with Crippen LogP contribution in [0.5, 0.6) is 11.5 Å². The standard InChI is InChI=1S/C23H24N2O5S/c1-29-17-7-16-24-31(27,28)20-14-12-18(13-15-20)25-23(26)21-10-5-6-11-22(21)30-19-8-3-2-4-9-19/h2-6,8-15,24H,7,16-17H2,1H3,(H,25,26). The highest BCUT2D eigenvalue weighted by atomic mass is 32.2. The van der Waals surface area contributed by atoms with Crippen LogP contribution >= 0.6 is 0 Å². The minimum Gasteiger partial charge on any atom is -0.457 e. The number of rotatable bonds is 10. The van der Waals surface area contributed by atoms with Crippen LogP contribution in [0.25, 0.3) is 0 Å². The molecule has 0 spiro atoms. The van der Waals surface area contributed by atoms with Crippen molar-refractivity contribution < 1.29 is 22.7 Å². The first-order valence-electron chi connectivity index (χ1n) is 9.71. The minimum atomic E-state index is -3.62. The molecule has 0 saturated heterocycles. The van der Waals surface area contributed by atoms with Crippen molar-refractivity contribution in [2.75, 3.05) is 25.6 Å². The molecular weight excluding hydrogens is 416 g/mol. The molecule has 0 aliphatic carbocycles. The maximum atomic E-state index is 12.8. The number of benzene rings is 3.